The smallest absolute Gasteiger partial charge is 0.287 e. The maximum Gasteiger partial charge on any atom is 0.287 e. The van der Waals surface area contributed by atoms with Crippen LogP contribution in [0.25, 0.3) is 0 Å². The maximum atomic E-state index is 11.8. The lowest BCUT2D eigenvalue weighted by Gasteiger charge is -2.10. The van der Waals surface area contributed by atoms with Crippen molar-refractivity contribution in [1.82, 2.24) is 15.1 Å². The summed E-state index contributed by atoms with van der Waals surface area (Å²) in [4.78, 5) is 11.8. The summed E-state index contributed by atoms with van der Waals surface area (Å²) in [5.41, 5.74) is 0.394. The van der Waals surface area contributed by atoms with Gasteiger partial charge in [-0.1, -0.05) is 18.5 Å². The van der Waals surface area contributed by atoms with Crippen LogP contribution in [0, 0.1) is 0 Å². The van der Waals surface area contributed by atoms with Crippen LogP contribution in [0.5, 0.6) is 0 Å². The number of nitrogens with one attached hydrogen (secondary N) is 2. The number of nitrogens with zero attached hydrogens (tertiary/aromatic N) is 2. The zero-order valence-corrected chi connectivity index (χ0v) is 11.3. The van der Waals surface area contributed by atoms with Crippen LogP contribution >= 0.6 is 11.6 Å². The Labute approximate surface area is 112 Å². The maximum absolute atomic E-state index is 11.8. The molecular formula is C12H19ClN4O. The van der Waals surface area contributed by atoms with E-state index in [2.05, 4.69) is 15.7 Å². The molecule has 0 atom stereocenters. The van der Waals surface area contributed by atoms with Gasteiger partial charge < -0.3 is 10.6 Å². The van der Waals surface area contributed by atoms with Crippen molar-refractivity contribution in [2.75, 3.05) is 18.4 Å². The molecule has 0 unspecified atom stereocenters. The molecule has 18 heavy (non-hydrogen) atoms. The van der Waals surface area contributed by atoms with Crippen LogP contribution in [0.1, 0.15) is 26.2 Å². The van der Waals surface area contributed by atoms with Gasteiger partial charge in [-0.15, -0.1) is 0 Å². The van der Waals surface area contributed by atoms with Gasteiger partial charge in [0.15, 0.2) is 0 Å². The highest BCUT2D eigenvalue weighted by molar-refractivity contribution is 6.32. The third-order valence-electron chi connectivity index (χ3n) is 2.87. The van der Waals surface area contributed by atoms with Crippen molar-refractivity contribution >= 4 is 17.3 Å². The lowest BCUT2D eigenvalue weighted by Crippen LogP contribution is -2.27. The van der Waals surface area contributed by atoms with Gasteiger partial charge in [-0.05, 0) is 19.3 Å². The Kier molecular flexibility index (Phi) is 4.60. The van der Waals surface area contributed by atoms with Crippen molar-refractivity contribution in [3.63, 3.8) is 0 Å². The second-order valence-corrected chi connectivity index (χ2v) is 4.93. The van der Waals surface area contributed by atoms with E-state index >= 15 is 0 Å². The van der Waals surface area contributed by atoms with Crippen LogP contribution in [0.15, 0.2) is 11.0 Å². The highest BCUT2D eigenvalue weighted by Crippen LogP contribution is 2.18. The standard InChI is InChI=1S/C12H19ClN4O/c1-2-7-17-12(18)11(13)10(8-16-17)15-6-5-14-9-3-4-9/h8-9,14-15H,2-7H2,1H3. The van der Waals surface area contributed by atoms with Gasteiger partial charge >= 0.3 is 0 Å². The monoisotopic (exact) mass is 270 g/mol. The molecule has 6 heteroatoms. The van der Waals surface area contributed by atoms with E-state index in [1.807, 2.05) is 6.92 Å². The van der Waals surface area contributed by atoms with E-state index in [-0.39, 0.29) is 10.6 Å². The predicted octanol–water partition coefficient (Wildman–Crippen LogP) is 1.47. The highest BCUT2D eigenvalue weighted by Gasteiger charge is 2.19. The number of aryl methyl sites for hydroxylation is 1. The summed E-state index contributed by atoms with van der Waals surface area (Å²) in [5.74, 6) is 0. The normalized spacial score (nSPS) is 14.8. The summed E-state index contributed by atoms with van der Waals surface area (Å²) >= 11 is 6.03. The zero-order valence-electron chi connectivity index (χ0n) is 10.6. The van der Waals surface area contributed by atoms with E-state index in [1.165, 1.54) is 17.5 Å². The third-order valence-corrected chi connectivity index (χ3v) is 3.24. The van der Waals surface area contributed by atoms with Gasteiger partial charge in [0.1, 0.15) is 5.02 Å². The van der Waals surface area contributed by atoms with Crippen LogP contribution in [0.2, 0.25) is 5.02 Å². The molecule has 1 saturated carbocycles. The number of anilines is 1. The molecule has 0 amide bonds. The molecule has 5 nitrogen and oxygen atoms in total. The molecule has 0 radical (unpaired) electrons. The van der Waals surface area contributed by atoms with E-state index in [0.29, 0.717) is 18.3 Å². The molecule has 0 spiro atoms. The number of halogens is 1. The summed E-state index contributed by atoms with van der Waals surface area (Å²) in [6.07, 6.45) is 5.03. The Balaban J connectivity index is 1.91. The molecule has 2 N–H and O–H groups in total. The largest absolute Gasteiger partial charge is 0.381 e. The first-order valence-electron chi connectivity index (χ1n) is 6.45. The first-order chi connectivity index (χ1) is 8.72. The van der Waals surface area contributed by atoms with Crippen LogP contribution < -0.4 is 16.2 Å². The molecule has 0 aromatic carbocycles. The van der Waals surface area contributed by atoms with Gasteiger partial charge in [-0.2, -0.15) is 5.10 Å². The minimum absolute atomic E-state index is 0.223. The SMILES string of the molecule is CCCn1ncc(NCCNC2CC2)c(Cl)c1=O. The van der Waals surface area contributed by atoms with Crippen LogP contribution in [0.4, 0.5) is 5.69 Å². The zero-order chi connectivity index (χ0) is 13.0. The third kappa shape index (κ3) is 3.46. The first kappa shape index (κ1) is 13.4. The lowest BCUT2D eigenvalue weighted by molar-refractivity contribution is 0.568. The summed E-state index contributed by atoms with van der Waals surface area (Å²) in [5, 5.41) is 10.8. The Morgan fingerprint density at radius 2 is 2.28 bits per heavy atom. The van der Waals surface area contributed by atoms with E-state index in [0.717, 1.165) is 19.5 Å². The van der Waals surface area contributed by atoms with Gasteiger partial charge in [-0.25, -0.2) is 4.68 Å². The van der Waals surface area contributed by atoms with Crippen molar-refractivity contribution in [3.8, 4) is 0 Å². The Morgan fingerprint density at radius 1 is 1.50 bits per heavy atom. The molecule has 100 valence electrons. The van der Waals surface area contributed by atoms with E-state index in [9.17, 15) is 4.79 Å². The van der Waals surface area contributed by atoms with Crippen molar-refractivity contribution in [2.45, 2.75) is 38.8 Å². The van der Waals surface area contributed by atoms with Crippen molar-refractivity contribution < 1.29 is 0 Å². The first-order valence-corrected chi connectivity index (χ1v) is 6.83. The fourth-order valence-electron chi connectivity index (χ4n) is 1.72. The van der Waals surface area contributed by atoms with Crippen molar-refractivity contribution in [1.29, 1.82) is 0 Å². The van der Waals surface area contributed by atoms with E-state index < -0.39 is 0 Å². The molecule has 1 aromatic rings. The number of hydrogen-bond acceptors (Lipinski definition) is 4. The molecule has 2 rings (SSSR count). The molecule has 0 saturated heterocycles. The van der Waals surface area contributed by atoms with Gasteiger partial charge in [-0.3, -0.25) is 4.79 Å². The molecule has 0 bridgehead atoms. The van der Waals surface area contributed by atoms with Gasteiger partial charge in [0.25, 0.3) is 5.56 Å². The molecule has 0 aliphatic heterocycles. The fraction of sp³-hybridized carbons (Fsp3) is 0.667. The average Bonchev–Trinajstić information content (AvgIpc) is 3.17. The van der Waals surface area contributed by atoms with Crippen LogP contribution in [0.3, 0.4) is 0 Å². The minimum atomic E-state index is -0.223. The molecule has 1 aromatic heterocycles. The molecular weight excluding hydrogens is 252 g/mol. The van der Waals surface area contributed by atoms with Crippen molar-refractivity contribution in [3.05, 3.63) is 21.6 Å². The summed E-state index contributed by atoms with van der Waals surface area (Å²) in [7, 11) is 0. The summed E-state index contributed by atoms with van der Waals surface area (Å²) in [6.45, 7) is 4.22. The second-order valence-electron chi connectivity index (χ2n) is 4.56. The lowest BCUT2D eigenvalue weighted by atomic mass is 10.4. The Bertz CT molecular complexity index is 456. The number of hydrogen-bond donors (Lipinski definition) is 2. The molecule has 1 aliphatic carbocycles. The van der Waals surface area contributed by atoms with Gasteiger partial charge in [0, 0.05) is 25.7 Å². The van der Waals surface area contributed by atoms with E-state index in [1.54, 1.807) is 6.20 Å². The summed E-state index contributed by atoms with van der Waals surface area (Å²) in [6, 6.07) is 0.693. The Morgan fingerprint density at radius 3 is 2.94 bits per heavy atom. The predicted molar refractivity (Wildman–Crippen MR) is 73.3 cm³/mol. The summed E-state index contributed by atoms with van der Waals surface area (Å²) < 4.78 is 1.40. The second kappa shape index (κ2) is 6.20. The van der Waals surface area contributed by atoms with E-state index in [4.69, 9.17) is 11.6 Å². The minimum Gasteiger partial charge on any atom is -0.381 e. The number of rotatable bonds is 7. The Hall–Kier alpha value is -1.07. The van der Waals surface area contributed by atoms with Crippen molar-refractivity contribution in [2.24, 2.45) is 0 Å². The molecule has 1 heterocycles. The average molecular weight is 271 g/mol. The van der Waals surface area contributed by atoms with Crippen LogP contribution in [-0.4, -0.2) is 28.9 Å². The quantitative estimate of drug-likeness (QED) is 0.737. The highest BCUT2D eigenvalue weighted by atomic mass is 35.5. The van der Waals surface area contributed by atoms with Gasteiger partial charge in [0.2, 0.25) is 0 Å². The van der Waals surface area contributed by atoms with Crippen LogP contribution in [-0.2, 0) is 6.54 Å². The molecule has 1 aliphatic rings. The fourth-order valence-corrected chi connectivity index (χ4v) is 1.93. The van der Waals surface area contributed by atoms with Gasteiger partial charge in [0.05, 0.1) is 11.9 Å². The molecule has 1 fully saturated rings. The number of aromatic nitrogens is 2. The topological polar surface area (TPSA) is 59.0 Å².